The number of aromatic nitrogens is 4. The average molecular weight is 265 g/mol. The molecule has 7 nitrogen and oxygen atoms in total. The highest BCUT2D eigenvalue weighted by Crippen LogP contribution is 2.19. The number of nitrogens with zero attached hydrogens (tertiary/aromatic N) is 4. The third-order valence-electron chi connectivity index (χ3n) is 2.38. The second-order valence-electron chi connectivity index (χ2n) is 3.93. The number of carbonyl (C=O) groups excluding carboxylic acids is 1. The molecule has 0 saturated heterocycles. The van der Waals surface area contributed by atoms with Crippen molar-refractivity contribution < 1.29 is 13.7 Å². The summed E-state index contributed by atoms with van der Waals surface area (Å²) in [6.07, 6.45) is 3.19. The van der Waals surface area contributed by atoms with Gasteiger partial charge in [-0.25, -0.2) is 4.39 Å². The first kappa shape index (κ1) is 12.9. The van der Waals surface area contributed by atoms with Gasteiger partial charge in [0, 0.05) is 25.7 Å². The lowest BCUT2D eigenvalue weighted by Gasteiger charge is -2.12. The number of aryl methyl sites for hydroxylation is 2. The van der Waals surface area contributed by atoms with E-state index >= 15 is 0 Å². The predicted octanol–water partition coefficient (Wildman–Crippen LogP) is 0.800. The fourth-order valence-electron chi connectivity index (χ4n) is 1.53. The normalized spacial score (nSPS) is 12.2. The van der Waals surface area contributed by atoms with Crippen LogP contribution >= 0.6 is 0 Å². The Bertz CT molecular complexity index is 578. The van der Waals surface area contributed by atoms with Crippen LogP contribution in [0.15, 0.2) is 29.3 Å². The van der Waals surface area contributed by atoms with E-state index in [9.17, 15) is 9.18 Å². The van der Waals surface area contributed by atoms with Gasteiger partial charge < -0.3 is 9.84 Å². The molecule has 8 heteroatoms. The molecule has 1 unspecified atom stereocenters. The zero-order chi connectivity index (χ0) is 14.0. The van der Waals surface area contributed by atoms with E-state index in [-0.39, 0.29) is 5.82 Å². The minimum atomic E-state index is -1.09. The highest BCUT2D eigenvalue weighted by atomic mass is 19.1. The lowest BCUT2D eigenvalue weighted by atomic mass is 10.1. The van der Waals surface area contributed by atoms with E-state index < -0.39 is 17.8 Å². The molecular formula is C11H12FN5O2. The van der Waals surface area contributed by atoms with E-state index in [0.717, 1.165) is 0 Å². The van der Waals surface area contributed by atoms with E-state index in [1.165, 1.54) is 6.20 Å². The average Bonchev–Trinajstić information content (AvgIpc) is 2.94. The lowest BCUT2D eigenvalue weighted by Crippen LogP contribution is -2.30. The van der Waals surface area contributed by atoms with Crippen LogP contribution in [0.1, 0.15) is 23.3 Å². The van der Waals surface area contributed by atoms with Crippen LogP contribution < -0.4 is 5.32 Å². The van der Waals surface area contributed by atoms with Gasteiger partial charge in [-0.05, 0) is 0 Å². The number of halogens is 1. The minimum Gasteiger partial charge on any atom is -0.340 e. The first-order chi connectivity index (χ1) is 8.97. The van der Waals surface area contributed by atoms with Crippen molar-refractivity contribution in [3.63, 3.8) is 0 Å². The maximum Gasteiger partial charge on any atom is 0.280 e. The highest BCUT2D eigenvalue weighted by molar-refractivity contribution is 5.90. The van der Waals surface area contributed by atoms with E-state index in [0.29, 0.717) is 11.5 Å². The van der Waals surface area contributed by atoms with Crippen LogP contribution in [0.25, 0.3) is 0 Å². The van der Waals surface area contributed by atoms with Gasteiger partial charge in [-0.1, -0.05) is 11.7 Å². The second kappa shape index (κ2) is 5.01. The highest BCUT2D eigenvalue weighted by Gasteiger charge is 2.24. The monoisotopic (exact) mass is 265 g/mol. The summed E-state index contributed by atoms with van der Waals surface area (Å²) >= 11 is 0. The van der Waals surface area contributed by atoms with Gasteiger partial charge in [0.05, 0.1) is 6.20 Å². The fraction of sp³-hybridized carbons (Fsp3) is 0.273. The summed E-state index contributed by atoms with van der Waals surface area (Å²) in [5, 5.41) is 10.1. The van der Waals surface area contributed by atoms with Crippen LogP contribution in [0.2, 0.25) is 0 Å². The zero-order valence-electron chi connectivity index (χ0n) is 10.4. The fourth-order valence-corrected chi connectivity index (χ4v) is 1.53. The van der Waals surface area contributed by atoms with Crippen LogP contribution in [-0.4, -0.2) is 25.8 Å². The van der Waals surface area contributed by atoms with Crippen molar-refractivity contribution in [1.29, 1.82) is 0 Å². The minimum absolute atomic E-state index is 0.222. The molecule has 0 fully saturated rings. The number of carbonyl (C=O) groups is 1. The largest absolute Gasteiger partial charge is 0.340 e. The van der Waals surface area contributed by atoms with Crippen LogP contribution in [-0.2, 0) is 11.8 Å². The van der Waals surface area contributed by atoms with E-state index in [2.05, 4.69) is 27.1 Å². The Morgan fingerprint density at radius 2 is 2.37 bits per heavy atom. The maximum absolute atomic E-state index is 12.8. The Morgan fingerprint density at radius 3 is 2.84 bits per heavy atom. The topological polar surface area (TPSA) is 85.8 Å². The Balaban J connectivity index is 2.33. The van der Waals surface area contributed by atoms with Crippen molar-refractivity contribution in [2.24, 2.45) is 7.05 Å². The van der Waals surface area contributed by atoms with Gasteiger partial charge in [0.25, 0.3) is 5.91 Å². The van der Waals surface area contributed by atoms with Crippen molar-refractivity contribution in [2.75, 3.05) is 0 Å². The Morgan fingerprint density at radius 1 is 1.63 bits per heavy atom. The van der Waals surface area contributed by atoms with Gasteiger partial charge >= 0.3 is 0 Å². The van der Waals surface area contributed by atoms with Crippen molar-refractivity contribution in [1.82, 2.24) is 25.2 Å². The van der Waals surface area contributed by atoms with E-state index in [1.54, 1.807) is 24.9 Å². The smallest absolute Gasteiger partial charge is 0.280 e. The first-order valence-corrected chi connectivity index (χ1v) is 5.41. The summed E-state index contributed by atoms with van der Waals surface area (Å²) in [6, 6.07) is -0.744. The molecule has 2 aromatic rings. The van der Waals surface area contributed by atoms with Crippen LogP contribution in [0.3, 0.4) is 0 Å². The summed E-state index contributed by atoms with van der Waals surface area (Å²) in [5.41, 5.74) is 0.609. The lowest BCUT2D eigenvalue weighted by molar-refractivity contribution is -0.119. The standard InChI is InChI=1S/C11H12FN5O2/c1-6(12)11(18)15-9(8-4-13-17(3)5-8)10-14-7(2)19-16-10/h4-5,9H,1H2,2-3H3,(H,15,18). The van der Waals surface area contributed by atoms with Gasteiger partial charge in [-0.2, -0.15) is 10.1 Å². The quantitative estimate of drug-likeness (QED) is 0.826. The molecule has 2 aromatic heterocycles. The number of amides is 1. The Hall–Kier alpha value is -2.51. The predicted molar refractivity (Wildman–Crippen MR) is 62.5 cm³/mol. The molecule has 0 bridgehead atoms. The number of nitrogens with one attached hydrogen (secondary N) is 1. The van der Waals surface area contributed by atoms with Crippen molar-refractivity contribution in [3.8, 4) is 0 Å². The molecule has 19 heavy (non-hydrogen) atoms. The van der Waals surface area contributed by atoms with Crippen molar-refractivity contribution >= 4 is 5.91 Å². The molecule has 0 spiro atoms. The molecule has 0 aliphatic rings. The zero-order valence-corrected chi connectivity index (χ0v) is 10.4. The molecule has 2 heterocycles. The molecule has 0 aliphatic carbocycles. The molecule has 100 valence electrons. The SMILES string of the molecule is C=C(F)C(=O)NC(c1cnn(C)c1)c1noc(C)n1. The molecule has 0 radical (unpaired) electrons. The summed E-state index contributed by atoms with van der Waals surface area (Å²) in [5.74, 6) is -1.46. The molecule has 1 N–H and O–H groups in total. The molecule has 0 aliphatic heterocycles. The number of hydrogen-bond acceptors (Lipinski definition) is 5. The molecule has 0 saturated carbocycles. The first-order valence-electron chi connectivity index (χ1n) is 5.41. The van der Waals surface area contributed by atoms with Gasteiger partial charge in [0.1, 0.15) is 6.04 Å². The van der Waals surface area contributed by atoms with Crippen LogP contribution in [0, 0.1) is 6.92 Å². The number of hydrogen-bond donors (Lipinski definition) is 1. The van der Waals surface area contributed by atoms with Crippen LogP contribution in [0.5, 0.6) is 0 Å². The van der Waals surface area contributed by atoms with Crippen molar-refractivity contribution in [3.05, 3.63) is 42.1 Å². The molecule has 1 atom stereocenters. The third-order valence-corrected chi connectivity index (χ3v) is 2.38. The van der Waals surface area contributed by atoms with Gasteiger partial charge in [-0.15, -0.1) is 0 Å². The summed E-state index contributed by atoms with van der Waals surface area (Å²) in [6.45, 7) is 4.56. The summed E-state index contributed by atoms with van der Waals surface area (Å²) < 4.78 is 19.2. The summed E-state index contributed by atoms with van der Waals surface area (Å²) in [4.78, 5) is 15.4. The molecule has 2 rings (SSSR count). The van der Waals surface area contributed by atoms with Gasteiger partial charge in [0.15, 0.2) is 11.7 Å². The van der Waals surface area contributed by atoms with E-state index in [1.807, 2.05) is 0 Å². The summed E-state index contributed by atoms with van der Waals surface area (Å²) in [7, 11) is 1.72. The van der Waals surface area contributed by atoms with E-state index in [4.69, 9.17) is 4.52 Å². The van der Waals surface area contributed by atoms with Crippen LogP contribution in [0.4, 0.5) is 4.39 Å². The Kier molecular flexibility index (Phi) is 3.41. The molecular weight excluding hydrogens is 253 g/mol. The Labute approximate surface area is 108 Å². The second-order valence-corrected chi connectivity index (χ2v) is 3.93. The van der Waals surface area contributed by atoms with Crippen molar-refractivity contribution in [2.45, 2.75) is 13.0 Å². The molecule has 0 aromatic carbocycles. The van der Waals surface area contributed by atoms with Gasteiger partial charge in [0.2, 0.25) is 5.89 Å². The molecule has 1 amide bonds. The van der Waals surface area contributed by atoms with Gasteiger partial charge in [-0.3, -0.25) is 9.48 Å². The maximum atomic E-state index is 12.8. The number of rotatable bonds is 4. The third kappa shape index (κ3) is 2.84.